The molecular weight excluding hydrogens is 569 g/mol. The third kappa shape index (κ3) is 6.05. The fourth-order valence-corrected chi connectivity index (χ4v) is 5.61. The summed E-state index contributed by atoms with van der Waals surface area (Å²) in [6.07, 6.45) is 4.23. The molecule has 0 radical (unpaired) electrons. The Balaban J connectivity index is 1.43. The lowest BCUT2D eigenvalue weighted by molar-refractivity contribution is 0.0923. The number of carbonyl (C=O) groups is 2. The minimum absolute atomic E-state index is 0.229. The topological polar surface area (TPSA) is 93.5 Å². The summed E-state index contributed by atoms with van der Waals surface area (Å²) >= 11 is 0. The first kappa shape index (κ1) is 30.1. The van der Waals surface area contributed by atoms with Crippen molar-refractivity contribution >= 4 is 22.8 Å². The number of furan rings is 1. The molecule has 1 aliphatic carbocycles. The number of pyridine rings is 1. The molecule has 0 saturated heterocycles. The van der Waals surface area contributed by atoms with Gasteiger partial charge >= 0.3 is 0 Å². The normalized spacial score (nSPS) is 13.6. The number of ether oxygens (including phenoxy) is 1. The molecule has 0 aliphatic heterocycles. The van der Waals surface area contributed by atoms with Crippen molar-refractivity contribution in [3.05, 3.63) is 107 Å². The highest BCUT2D eigenvalue weighted by Gasteiger charge is 2.47. The quantitative estimate of drug-likeness (QED) is 0.169. The summed E-state index contributed by atoms with van der Waals surface area (Å²) in [6.45, 7) is 6.74. The zero-order valence-corrected chi connectivity index (χ0v) is 25.9. The standard InChI is InChI=1S/C37H36FN3O4/c1-22(2)14-18-44-31-19-23(3)27(21-29(31)35(42)41-37(15-16-37)32-7-5-6-17-40-32)25-10-13-30-28(20-25)33(36(43)39-4)34(45-30)24-8-11-26(38)12-9-24/h5-13,17,19-22H,14-16,18H2,1-4H3,(H,39,43)(H,41,42). The number of aromatic nitrogens is 1. The Morgan fingerprint density at radius 1 is 1.00 bits per heavy atom. The molecule has 3 aromatic carbocycles. The van der Waals surface area contributed by atoms with E-state index in [0.29, 0.717) is 51.7 Å². The van der Waals surface area contributed by atoms with Crippen molar-refractivity contribution in [2.45, 2.75) is 45.6 Å². The second-order valence-electron chi connectivity index (χ2n) is 12.0. The summed E-state index contributed by atoms with van der Waals surface area (Å²) in [4.78, 5) is 31.6. The van der Waals surface area contributed by atoms with Gasteiger partial charge in [-0.25, -0.2) is 4.39 Å². The van der Waals surface area contributed by atoms with Gasteiger partial charge in [0.15, 0.2) is 0 Å². The number of aryl methyl sites for hydroxylation is 1. The molecule has 0 atom stereocenters. The zero-order valence-electron chi connectivity index (χ0n) is 25.9. The number of carbonyl (C=O) groups excluding carboxylic acids is 2. The van der Waals surface area contributed by atoms with Gasteiger partial charge in [-0.05, 0) is 109 Å². The summed E-state index contributed by atoms with van der Waals surface area (Å²) in [5.41, 5.74) is 4.81. The van der Waals surface area contributed by atoms with E-state index in [9.17, 15) is 14.0 Å². The Hall–Kier alpha value is -4.98. The minimum Gasteiger partial charge on any atom is -0.493 e. The molecule has 230 valence electrons. The molecule has 2 N–H and O–H groups in total. The predicted octanol–water partition coefficient (Wildman–Crippen LogP) is 7.81. The van der Waals surface area contributed by atoms with Gasteiger partial charge in [-0.3, -0.25) is 14.6 Å². The summed E-state index contributed by atoms with van der Waals surface area (Å²) in [5, 5.41) is 6.56. The number of nitrogens with zero attached hydrogens (tertiary/aromatic N) is 1. The van der Waals surface area contributed by atoms with Crippen molar-refractivity contribution < 1.29 is 23.1 Å². The maximum absolute atomic E-state index is 14.0. The number of nitrogens with one attached hydrogen (secondary N) is 2. The average Bonchev–Trinajstić information content (AvgIpc) is 3.72. The van der Waals surface area contributed by atoms with E-state index >= 15 is 0 Å². The van der Waals surface area contributed by atoms with Gasteiger partial charge in [0.25, 0.3) is 11.8 Å². The van der Waals surface area contributed by atoms with E-state index in [0.717, 1.165) is 41.6 Å². The van der Waals surface area contributed by atoms with Gasteiger partial charge in [-0.1, -0.05) is 26.0 Å². The molecule has 7 nitrogen and oxygen atoms in total. The third-order valence-electron chi connectivity index (χ3n) is 8.34. The van der Waals surface area contributed by atoms with E-state index in [-0.39, 0.29) is 17.6 Å². The van der Waals surface area contributed by atoms with Crippen LogP contribution in [0.5, 0.6) is 5.75 Å². The highest BCUT2D eigenvalue weighted by atomic mass is 19.1. The fraction of sp³-hybridized carbons (Fsp3) is 0.270. The first-order valence-electron chi connectivity index (χ1n) is 15.3. The molecule has 0 spiro atoms. The Kier molecular flexibility index (Phi) is 8.14. The van der Waals surface area contributed by atoms with Crippen molar-refractivity contribution in [3.63, 3.8) is 0 Å². The maximum atomic E-state index is 14.0. The van der Waals surface area contributed by atoms with Crippen LogP contribution in [0.25, 0.3) is 33.4 Å². The number of hydrogen-bond donors (Lipinski definition) is 2. The number of hydrogen-bond acceptors (Lipinski definition) is 5. The van der Waals surface area contributed by atoms with E-state index in [1.165, 1.54) is 12.1 Å². The highest BCUT2D eigenvalue weighted by molar-refractivity contribution is 6.12. The number of fused-ring (bicyclic) bond motifs is 1. The van der Waals surface area contributed by atoms with Gasteiger partial charge < -0.3 is 19.8 Å². The van der Waals surface area contributed by atoms with Crippen molar-refractivity contribution in [2.75, 3.05) is 13.7 Å². The lowest BCUT2D eigenvalue weighted by atomic mass is 9.94. The summed E-state index contributed by atoms with van der Waals surface area (Å²) in [6, 6.07) is 21.0. The second kappa shape index (κ2) is 12.2. The molecule has 1 saturated carbocycles. The minimum atomic E-state index is -0.493. The lowest BCUT2D eigenvalue weighted by Crippen LogP contribution is -2.35. The van der Waals surface area contributed by atoms with E-state index < -0.39 is 5.54 Å². The molecule has 1 fully saturated rings. The number of halogens is 1. The van der Waals surface area contributed by atoms with Crippen LogP contribution >= 0.6 is 0 Å². The highest BCUT2D eigenvalue weighted by Crippen LogP contribution is 2.45. The Morgan fingerprint density at radius 2 is 1.76 bits per heavy atom. The van der Waals surface area contributed by atoms with Crippen LogP contribution in [0.4, 0.5) is 4.39 Å². The average molecular weight is 606 g/mol. The molecule has 45 heavy (non-hydrogen) atoms. The molecule has 0 unspecified atom stereocenters. The first-order valence-corrected chi connectivity index (χ1v) is 15.3. The molecule has 2 aromatic heterocycles. The van der Waals surface area contributed by atoms with Crippen LogP contribution in [0.15, 0.2) is 83.4 Å². The van der Waals surface area contributed by atoms with Crippen LogP contribution in [0.1, 0.15) is 65.1 Å². The molecule has 2 heterocycles. The Morgan fingerprint density at radius 3 is 2.42 bits per heavy atom. The summed E-state index contributed by atoms with van der Waals surface area (Å²) in [7, 11) is 1.56. The number of amides is 2. The van der Waals surface area contributed by atoms with Crippen LogP contribution in [0.3, 0.4) is 0 Å². The molecule has 5 aromatic rings. The van der Waals surface area contributed by atoms with Gasteiger partial charge in [0.1, 0.15) is 22.9 Å². The van der Waals surface area contributed by atoms with Crippen LogP contribution < -0.4 is 15.4 Å². The maximum Gasteiger partial charge on any atom is 0.255 e. The molecule has 1 aliphatic rings. The van der Waals surface area contributed by atoms with Crippen LogP contribution in [0.2, 0.25) is 0 Å². The summed E-state index contributed by atoms with van der Waals surface area (Å²) in [5.74, 6) is 0.417. The van der Waals surface area contributed by atoms with Crippen molar-refractivity contribution in [2.24, 2.45) is 5.92 Å². The van der Waals surface area contributed by atoms with Crippen molar-refractivity contribution in [1.29, 1.82) is 0 Å². The first-order chi connectivity index (χ1) is 21.7. The second-order valence-corrected chi connectivity index (χ2v) is 12.0. The monoisotopic (exact) mass is 605 g/mol. The van der Waals surface area contributed by atoms with Crippen molar-refractivity contribution in [3.8, 4) is 28.2 Å². The van der Waals surface area contributed by atoms with Gasteiger partial charge in [0, 0.05) is 24.2 Å². The largest absolute Gasteiger partial charge is 0.493 e. The SMILES string of the molecule is CNC(=O)c1c(-c2ccc(F)cc2)oc2ccc(-c3cc(C(=O)NC4(c5ccccn5)CC4)c(OCCC(C)C)cc3C)cc12. The molecule has 2 amide bonds. The van der Waals surface area contributed by atoms with Crippen LogP contribution in [0, 0.1) is 18.7 Å². The predicted molar refractivity (Wildman–Crippen MR) is 173 cm³/mol. The van der Waals surface area contributed by atoms with E-state index in [2.05, 4.69) is 29.5 Å². The zero-order chi connectivity index (χ0) is 31.7. The lowest BCUT2D eigenvalue weighted by Gasteiger charge is -2.20. The molecule has 6 rings (SSSR count). The fourth-order valence-electron chi connectivity index (χ4n) is 5.61. The van der Waals surface area contributed by atoms with E-state index in [1.54, 1.807) is 25.4 Å². The number of rotatable bonds is 10. The Labute approximate surface area is 261 Å². The van der Waals surface area contributed by atoms with E-state index in [1.807, 2.05) is 55.5 Å². The van der Waals surface area contributed by atoms with Crippen LogP contribution in [-0.2, 0) is 5.54 Å². The Bertz CT molecular complexity index is 1880. The van der Waals surface area contributed by atoms with Gasteiger partial charge in [-0.2, -0.15) is 0 Å². The smallest absolute Gasteiger partial charge is 0.255 e. The van der Waals surface area contributed by atoms with Gasteiger partial charge in [-0.15, -0.1) is 0 Å². The third-order valence-corrected chi connectivity index (χ3v) is 8.34. The van der Waals surface area contributed by atoms with Crippen molar-refractivity contribution in [1.82, 2.24) is 15.6 Å². The molecule has 0 bridgehead atoms. The molecule has 8 heteroatoms. The van der Waals surface area contributed by atoms with Gasteiger partial charge in [0.05, 0.1) is 29.0 Å². The van der Waals surface area contributed by atoms with Gasteiger partial charge in [0.2, 0.25) is 0 Å². The summed E-state index contributed by atoms with van der Waals surface area (Å²) < 4.78 is 26.0. The molecular formula is C37H36FN3O4. The van der Waals surface area contributed by atoms with E-state index in [4.69, 9.17) is 9.15 Å². The number of benzene rings is 3. The van der Waals surface area contributed by atoms with Crippen LogP contribution in [-0.4, -0.2) is 30.5 Å².